The van der Waals surface area contributed by atoms with Gasteiger partial charge in [0.2, 0.25) is 0 Å². The summed E-state index contributed by atoms with van der Waals surface area (Å²) in [5, 5.41) is 0.752. The van der Waals surface area contributed by atoms with Crippen molar-refractivity contribution < 1.29 is 0 Å². The largest absolute Gasteiger partial charge is 0.397 e. The second kappa shape index (κ2) is 5.41. The van der Waals surface area contributed by atoms with Crippen molar-refractivity contribution in [2.75, 3.05) is 5.73 Å². The van der Waals surface area contributed by atoms with Gasteiger partial charge in [0.15, 0.2) is 0 Å². The fourth-order valence-electron chi connectivity index (χ4n) is 2.61. The second-order valence-electron chi connectivity index (χ2n) is 5.56. The van der Waals surface area contributed by atoms with Crippen LogP contribution in [0.3, 0.4) is 0 Å². The van der Waals surface area contributed by atoms with Crippen LogP contribution in [0, 0.1) is 0 Å². The fraction of sp³-hybridized carbons (Fsp3) is 0.235. The van der Waals surface area contributed by atoms with Crippen LogP contribution in [0.2, 0.25) is 5.02 Å². The van der Waals surface area contributed by atoms with Crippen molar-refractivity contribution in [1.82, 2.24) is 9.55 Å². The summed E-state index contributed by atoms with van der Waals surface area (Å²) in [5.41, 5.74) is 9.89. The molecule has 3 nitrogen and oxygen atoms in total. The quantitative estimate of drug-likeness (QED) is 0.726. The van der Waals surface area contributed by atoms with Crippen molar-refractivity contribution >= 4 is 28.3 Å². The smallest absolute Gasteiger partial charge is 0.112 e. The van der Waals surface area contributed by atoms with E-state index in [1.165, 1.54) is 0 Å². The topological polar surface area (TPSA) is 43.8 Å². The molecular formula is C17H18ClN3. The molecule has 0 bridgehead atoms. The summed E-state index contributed by atoms with van der Waals surface area (Å²) >= 11 is 6.09. The van der Waals surface area contributed by atoms with Gasteiger partial charge in [-0.2, -0.15) is 0 Å². The van der Waals surface area contributed by atoms with Crippen LogP contribution < -0.4 is 5.73 Å². The van der Waals surface area contributed by atoms with Gasteiger partial charge in [0.25, 0.3) is 0 Å². The number of hydrogen-bond acceptors (Lipinski definition) is 2. The van der Waals surface area contributed by atoms with Crippen molar-refractivity contribution in [2.45, 2.75) is 26.3 Å². The van der Waals surface area contributed by atoms with Crippen LogP contribution >= 0.6 is 11.6 Å². The molecule has 0 amide bonds. The number of fused-ring (bicyclic) bond motifs is 1. The zero-order valence-corrected chi connectivity index (χ0v) is 12.9. The fourth-order valence-corrected chi connectivity index (χ4v) is 2.82. The number of anilines is 1. The number of halogens is 1. The standard InChI is InChI=1S/C17H18ClN3/c1-11(2)17-20-16-14(19)7-4-8-15(16)21(17)10-12-5-3-6-13(18)9-12/h3-9,11H,10,19H2,1-2H3. The Bertz CT molecular complexity index is 790. The molecular weight excluding hydrogens is 282 g/mol. The van der Waals surface area contributed by atoms with Gasteiger partial charge < -0.3 is 10.3 Å². The molecule has 0 saturated carbocycles. The van der Waals surface area contributed by atoms with Gasteiger partial charge in [-0.25, -0.2) is 4.98 Å². The van der Waals surface area contributed by atoms with Crippen molar-refractivity contribution in [3.05, 3.63) is 58.9 Å². The molecule has 1 heterocycles. The highest BCUT2D eigenvalue weighted by Crippen LogP contribution is 2.27. The van der Waals surface area contributed by atoms with Gasteiger partial charge in [0.1, 0.15) is 11.3 Å². The zero-order chi connectivity index (χ0) is 15.0. The van der Waals surface area contributed by atoms with Gasteiger partial charge in [0.05, 0.1) is 11.2 Å². The molecule has 21 heavy (non-hydrogen) atoms. The van der Waals surface area contributed by atoms with E-state index in [0.29, 0.717) is 5.92 Å². The summed E-state index contributed by atoms with van der Waals surface area (Å²) in [6, 6.07) is 13.9. The SMILES string of the molecule is CC(C)c1nc2c(N)cccc2n1Cc1cccc(Cl)c1. The Morgan fingerprint density at radius 2 is 1.95 bits per heavy atom. The third-order valence-electron chi connectivity index (χ3n) is 3.59. The molecule has 0 aliphatic carbocycles. The maximum absolute atomic E-state index is 6.09. The number of para-hydroxylation sites is 1. The molecule has 1 aromatic heterocycles. The molecule has 0 unspecified atom stereocenters. The molecule has 0 saturated heterocycles. The Balaban J connectivity index is 2.16. The van der Waals surface area contributed by atoms with Crippen molar-refractivity contribution in [1.29, 1.82) is 0 Å². The lowest BCUT2D eigenvalue weighted by Gasteiger charge is -2.12. The number of rotatable bonds is 3. The highest BCUT2D eigenvalue weighted by molar-refractivity contribution is 6.30. The van der Waals surface area contributed by atoms with Crippen LogP contribution in [0.5, 0.6) is 0 Å². The van der Waals surface area contributed by atoms with Gasteiger partial charge in [-0.05, 0) is 29.8 Å². The highest BCUT2D eigenvalue weighted by atomic mass is 35.5. The summed E-state index contributed by atoms with van der Waals surface area (Å²) in [5.74, 6) is 1.37. The average Bonchev–Trinajstić information content (AvgIpc) is 2.80. The van der Waals surface area contributed by atoms with Crippen LogP contribution in [0.25, 0.3) is 11.0 Å². The molecule has 3 rings (SSSR count). The number of nitrogens with zero attached hydrogens (tertiary/aromatic N) is 2. The van der Waals surface area contributed by atoms with Crippen molar-refractivity contribution in [3.63, 3.8) is 0 Å². The van der Waals surface area contributed by atoms with E-state index in [4.69, 9.17) is 22.3 Å². The predicted octanol–water partition coefficient (Wildman–Crippen LogP) is 4.44. The first kappa shape index (κ1) is 14.0. The summed E-state index contributed by atoms with van der Waals surface area (Å²) in [6.45, 7) is 5.03. The maximum atomic E-state index is 6.09. The Hall–Kier alpha value is -2.00. The Morgan fingerprint density at radius 1 is 1.19 bits per heavy atom. The van der Waals surface area contributed by atoms with Crippen molar-refractivity contribution in [2.24, 2.45) is 0 Å². The maximum Gasteiger partial charge on any atom is 0.112 e. The molecule has 2 aromatic carbocycles. The minimum atomic E-state index is 0.330. The molecule has 0 spiro atoms. The molecule has 0 radical (unpaired) electrons. The van der Waals surface area contributed by atoms with Gasteiger partial charge in [-0.3, -0.25) is 0 Å². The lowest BCUT2D eigenvalue weighted by molar-refractivity contribution is 0.683. The lowest BCUT2D eigenvalue weighted by atomic mass is 10.2. The highest BCUT2D eigenvalue weighted by Gasteiger charge is 2.15. The minimum Gasteiger partial charge on any atom is -0.397 e. The first-order valence-corrected chi connectivity index (χ1v) is 7.43. The predicted molar refractivity (Wildman–Crippen MR) is 88.8 cm³/mol. The first-order chi connectivity index (χ1) is 10.1. The van der Waals surface area contributed by atoms with Gasteiger partial charge in [-0.15, -0.1) is 0 Å². The lowest BCUT2D eigenvalue weighted by Crippen LogP contribution is -2.06. The van der Waals surface area contributed by atoms with E-state index in [0.717, 1.165) is 39.7 Å². The molecule has 4 heteroatoms. The van der Waals surface area contributed by atoms with E-state index in [1.807, 2.05) is 30.3 Å². The number of aromatic nitrogens is 2. The summed E-state index contributed by atoms with van der Waals surface area (Å²) in [4.78, 5) is 4.74. The second-order valence-corrected chi connectivity index (χ2v) is 5.99. The van der Waals surface area contributed by atoms with Crippen LogP contribution in [-0.4, -0.2) is 9.55 Å². The molecule has 0 fully saturated rings. The van der Waals surface area contributed by atoms with Crippen LogP contribution in [0.15, 0.2) is 42.5 Å². The number of nitrogen functional groups attached to an aromatic ring is 1. The van der Waals surface area contributed by atoms with Gasteiger partial charge >= 0.3 is 0 Å². The molecule has 0 aliphatic heterocycles. The van der Waals surface area contributed by atoms with Crippen LogP contribution in [0.1, 0.15) is 31.2 Å². The Morgan fingerprint density at radius 3 is 2.67 bits per heavy atom. The summed E-state index contributed by atoms with van der Waals surface area (Å²) in [7, 11) is 0. The van der Waals surface area contributed by atoms with E-state index in [1.54, 1.807) is 0 Å². The normalized spacial score (nSPS) is 11.4. The van der Waals surface area contributed by atoms with Crippen LogP contribution in [-0.2, 0) is 6.54 Å². The number of benzene rings is 2. The monoisotopic (exact) mass is 299 g/mol. The summed E-state index contributed by atoms with van der Waals surface area (Å²) in [6.07, 6.45) is 0. The van der Waals surface area contributed by atoms with E-state index in [9.17, 15) is 0 Å². The Kier molecular flexibility index (Phi) is 3.60. The van der Waals surface area contributed by atoms with E-state index in [2.05, 4.69) is 30.5 Å². The molecule has 108 valence electrons. The molecule has 0 atom stereocenters. The van der Waals surface area contributed by atoms with E-state index < -0.39 is 0 Å². The third kappa shape index (κ3) is 2.61. The number of hydrogen-bond donors (Lipinski definition) is 1. The average molecular weight is 300 g/mol. The van der Waals surface area contributed by atoms with Crippen LogP contribution in [0.4, 0.5) is 5.69 Å². The number of nitrogens with two attached hydrogens (primary N) is 1. The molecule has 3 aromatic rings. The third-order valence-corrected chi connectivity index (χ3v) is 3.82. The van der Waals surface area contributed by atoms with Gasteiger partial charge in [0, 0.05) is 17.5 Å². The van der Waals surface area contributed by atoms with E-state index >= 15 is 0 Å². The number of imidazole rings is 1. The van der Waals surface area contributed by atoms with E-state index in [-0.39, 0.29) is 0 Å². The molecule has 0 aliphatic rings. The van der Waals surface area contributed by atoms with Gasteiger partial charge in [-0.1, -0.05) is 43.6 Å². The Labute approximate surface area is 129 Å². The minimum absolute atomic E-state index is 0.330. The molecule has 2 N–H and O–H groups in total. The van der Waals surface area contributed by atoms with Crippen molar-refractivity contribution in [3.8, 4) is 0 Å². The zero-order valence-electron chi connectivity index (χ0n) is 12.2. The first-order valence-electron chi connectivity index (χ1n) is 7.05. The summed E-state index contributed by atoms with van der Waals surface area (Å²) < 4.78 is 2.22.